The number of benzene rings is 1. The third-order valence-electron chi connectivity index (χ3n) is 1.56. The number of nitrogens with two attached hydrogens (primary N) is 1. The fourth-order valence-corrected chi connectivity index (χ4v) is 1.08. The van der Waals surface area contributed by atoms with E-state index in [0.29, 0.717) is 5.56 Å². The summed E-state index contributed by atoms with van der Waals surface area (Å²) in [6.45, 7) is 1.58. The van der Waals surface area contributed by atoms with Gasteiger partial charge < -0.3 is 5.73 Å². The quantitative estimate of drug-likeness (QED) is 0.583. The second kappa shape index (κ2) is 2.97. The number of hydrogen-bond acceptors (Lipinski definition) is 1. The van der Waals surface area contributed by atoms with Crippen molar-refractivity contribution in [2.24, 2.45) is 5.73 Å². The van der Waals surface area contributed by atoms with Crippen molar-refractivity contribution < 1.29 is 9.18 Å². The monoisotopic (exact) mass is 163 g/mol. The van der Waals surface area contributed by atoms with Gasteiger partial charge in [0.25, 0.3) is 5.91 Å². The van der Waals surface area contributed by atoms with E-state index in [1.165, 1.54) is 6.07 Å². The van der Waals surface area contributed by atoms with Crippen LogP contribution in [-0.2, 0) is 0 Å². The lowest BCUT2D eigenvalue weighted by Gasteiger charge is -2.04. The summed E-state index contributed by atoms with van der Waals surface area (Å²) < 4.78 is 13.0. The van der Waals surface area contributed by atoms with Crippen molar-refractivity contribution in [1.82, 2.24) is 0 Å². The van der Waals surface area contributed by atoms with Gasteiger partial charge >= 0.3 is 0 Å². The number of rotatable bonds is 1. The van der Waals surface area contributed by atoms with Gasteiger partial charge in [-0.05, 0) is 18.6 Å². The number of hydrogen-bond donors (Lipinski definition) is 1. The van der Waals surface area contributed by atoms with Crippen LogP contribution >= 0.6 is 0 Å². The Hall–Kier alpha value is -1.32. The summed E-state index contributed by atoms with van der Waals surface area (Å²) in [4.78, 5) is 10.7. The van der Waals surface area contributed by atoms with Gasteiger partial charge in [-0.15, -0.1) is 0 Å². The molecule has 12 heavy (non-hydrogen) atoms. The molecule has 0 saturated heterocycles. The Morgan fingerprint density at radius 2 is 2.17 bits per heavy atom. The lowest BCUT2D eigenvalue weighted by Crippen LogP contribution is -2.18. The van der Waals surface area contributed by atoms with Crippen molar-refractivity contribution in [1.29, 1.82) is 0 Å². The van der Waals surface area contributed by atoms with Crippen LogP contribution in [0.2, 0.25) is 0 Å². The minimum Gasteiger partial charge on any atom is -0.365 e. The zero-order valence-electron chi connectivity index (χ0n) is 6.60. The molecule has 0 unspecified atom stereocenters. The summed E-state index contributed by atoms with van der Waals surface area (Å²) >= 11 is 0. The third kappa shape index (κ3) is 1.47. The summed E-state index contributed by atoms with van der Waals surface area (Å²) in [5.41, 5.74) is 5.60. The average Bonchev–Trinajstić information content (AvgIpc) is 1.82. The van der Waals surface area contributed by atoms with Crippen LogP contribution in [0.4, 0.5) is 4.39 Å². The van der Waals surface area contributed by atoms with Gasteiger partial charge in [0.05, 0.1) is 5.56 Å². The molecule has 1 amide bonds. The zero-order valence-corrected chi connectivity index (χ0v) is 6.60. The molecule has 2 N–H and O–H groups in total. The smallest absolute Gasteiger partial charge is 0.251 e. The molecule has 0 saturated carbocycles. The van der Waals surface area contributed by atoms with Crippen molar-refractivity contribution in [3.8, 4) is 0 Å². The Balaban J connectivity index is 3.38. The summed E-state index contributed by atoms with van der Waals surface area (Å²) in [6.07, 6.45) is 0. The van der Waals surface area contributed by atoms with Crippen LogP contribution in [0.5, 0.6) is 0 Å². The molecule has 60 valence electrons. The first-order valence-electron chi connectivity index (χ1n) is 3.38. The van der Waals surface area contributed by atoms with Crippen molar-refractivity contribution in [2.75, 3.05) is 0 Å². The first-order valence-corrected chi connectivity index (χ1v) is 3.38. The topological polar surface area (TPSA) is 43.1 Å². The second-order valence-electron chi connectivity index (χ2n) is 2.56. The molecule has 1 aromatic rings. The maximum atomic E-state index is 13.0. The van der Waals surface area contributed by atoms with E-state index >= 15 is 0 Å². The van der Waals surface area contributed by atoms with Gasteiger partial charge in [0, 0.05) is 0 Å². The van der Waals surface area contributed by atoms with E-state index in [9.17, 15) is 9.18 Å². The van der Waals surface area contributed by atoms with Crippen molar-refractivity contribution in [3.05, 3.63) is 29.1 Å². The zero-order chi connectivity index (χ0) is 9.30. The van der Waals surface area contributed by atoms with Gasteiger partial charge in [-0.3, -0.25) is 4.79 Å². The Labute approximate surface area is 71.0 Å². The van der Waals surface area contributed by atoms with Crippen LogP contribution in [0.1, 0.15) is 15.9 Å². The molecule has 0 aliphatic heterocycles. The maximum Gasteiger partial charge on any atom is 0.251 e. The molecular formula is C8H7BFNO. The molecule has 0 aliphatic rings. The molecule has 0 heterocycles. The standard InChI is InChI=1S/C8H7BFNO/c1-4-2-5(9)3-6(10)7(4)8(11)12/h2-3H,1H3,(H2,11,12). The summed E-state index contributed by atoms with van der Waals surface area (Å²) in [7, 11) is 5.34. The van der Waals surface area contributed by atoms with Crippen LogP contribution < -0.4 is 11.2 Å². The van der Waals surface area contributed by atoms with Crippen molar-refractivity contribution >= 4 is 19.2 Å². The number of amides is 1. The Morgan fingerprint density at radius 3 is 2.58 bits per heavy atom. The molecule has 0 aromatic heterocycles. The van der Waals surface area contributed by atoms with E-state index in [1.807, 2.05) is 0 Å². The number of halogens is 1. The minimum absolute atomic E-state index is 0.0933. The van der Waals surface area contributed by atoms with E-state index in [4.69, 9.17) is 13.6 Å². The normalized spacial score (nSPS) is 9.83. The van der Waals surface area contributed by atoms with E-state index in [0.717, 1.165) is 6.07 Å². The van der Waals surface area contributed by atoms with Gasteiger partial charge in [0.1, 0.15) is 13.7 Å². The highest BCUT2D eigenvalue weighted by Gasteiger charge is 2.11. The first kappa shape index (κ1) is 8.78. The van der Waals surface area contributed by atoms with E-state index < -0.39 is 11.7 Å². The number of primary amides is 1. The fraction of sp³-hybridized carbons (Fsp3) is 0.125. The number of carbonyl (C=O) groups is 1. The van der Waals surface area contributed by atoms with Crippen molar-refractivity contribution in [3.63, 3.8) is 0 Å². The molecule has 2 nitrogen and oxygen atoms in total. The van der Waals surface area contributed by atoms with Crippen molar-refractivity contribution in [2.45, 2.75) is 6.92 Å². The van der Waals surface area contributed by atoms with Gasteiger partial charge in [-0.25, -0.2) is 4.39 Å². The van der Waals surface area contributed by atoms with Crippen LogP contribution in [0, 0.1) is 12.7 Å². The highest BCUT2D eigenvalue weighted by molar-refractivity contribution is 6.32. The SMILES string of the molecule is [B]c1cc(C)c(C(N)=O)c(F)c1. The third-order valence-corrected chi connectivity index (χ3v) is 1.56. The highest BCUT2D eigenvalue weighted by Crippen LogP contribution is 2.09. The summed E-state index contributed by atoms with van der Waals surface area (Å²) in [6, 6.07) is 2.58. The molecule has 1 rings (SSSR count). The van der Waals surface area contributed by atoms with E-state index in [-0.39, 0.29) is 11.0 Å². The van der Waals surface area contributed by atoms with Crippen LogP contribution in [0.3, 0.4) is 0 Å². The Kier molecular flexibility index (Phi) is 2.17. The lowest BCUT2D eigenvalue weighted by atomic mass is 9.92. The highest BCUT2D eigenvalue weighted by atomic mass is 19.1. The molecule has 0 spiro atoms. The van der Waals surface area contributed by atoms with Crippen LogP contribution in [-0.4, -0.2) is 13.8 Å². The predicted octanol–water partition coefficient (Wildman–Crippen LogP) is 0.0268. The van der Waals surface area contributed by atoms with Gasteiger partial charge in [-0.1, -0.05) is 11.5 Å². The summed E-state index contributed by atoms with van der Waals surface area (Å²) in [5.74, 6) is -1.44. The van der Waals surface area contributed by atoms with Crippen LogP contribution in [0.25, 0.3) is 0 Å². The number of carbonyl (C=O) groups excluding carboxylic acids is 1. The fourth-order valence-electron chi connectivity index (χ4n) is 1.08. The molecular weight excluding hydrogens is 156 g/mol. The summed E-state index contributed by atoms with van der Waals surface area (Å²) in [5, 5.41) is 0. The van der Waals surface area contributed by atoms with Gasteiger partial charge in [0.2, 0.25) is 0 Å². The maximum absolute atomic E-state index is 13.0. The van der Waals surface area contributed by atoms with Crippen LogP contribution in [0.15, 0.2) is 12.1 Å². The first-order chi connectivity index (χ1) is 5.52. The van der Waals surface area contributed by atoms with E-state index in [2.05, 4.69) is 0 Å². The van der Waals surface area contributed by atoms with E-state index in [1.54, 1.807) is 6.92 Å². The number of aryl methyl sites for hydroxylation is 1. The molecule has 2 radical (unpaired) electrons. The average molecular weight is 163 g/mol. The Morgan fingerprint density at radius 1 is 1.58 bits per heavy atom. The largest absolute Gasteiger partial charge is 0.365 e. The second-order valence-corrected chi connectivity index (χ2v) is 2.56. The predicted molar refractivity (Wildman–Crippen MR) is 45.0 cm³/mol. The molecule has 0 atom stereocenters. The lowest BCUT2D eigenvalue weighted by molar-refractivity contribution is 0.0996. The molecule has 1 aromatic carbocycles. The molecule has 4 heteroatoms. The molecule has 0 fully saturated rings. The molecule has 0 aliphatic carbocycles. The van der Waals surface area contributed by atoms with Gasteiger partial charge in [0.15, 0.2) is 0 Å². The Bertz CT molecular complexity index is 315. The molecule has 0 bridgehead atoms. The minimum atomic E-state index is -0.773. The van der Waals surface area contributed by atoms with Gasteiger partial charge in [-0.2, -0.15) is 0 Å².